The molecule has 4 heteroatoms. The Hall–Kier alpha value is -0.920. The average molecular weight is 226 g/mol. The molecule has 1 atom stereocenters. The van der Waals surface area contributed by atoms with Gasteiger partial charge in [0.15, 0.2) is 0 Å². The molecule has 3 nitrogen and oxygen atoms in total. The maximum Gasteiger partial charge on any atom is 0.306 e. The van der Waals surface area contributed by atoms with E-state index in [1.165, 1.54) is 0 Å². The van der Waals surface area contributed by atoms with E-state index >= 15 is 0 Å². The Morgan fingerprint density at radius 2 is 2.07 bits per heavy atom. The first kappa shape index (κ1) is 12.2. The van der Waals surface area contributed by atoms with Crippen molar-refractivity contribution in [1.29, 1.82) is 0 Å². The molecule has 0 saturated heterocycles. The number of hydrogen-bond donors (Lipinski definition) is 1. The lowest BCUT2D eigenvalue weighted by Gasteiger charge is -2.09. The van der Waals surface area contributed by atoms with E-state index < -0.39 is 8.15 Å². The summed E-state index contributed by atoms with van der Waals surface area (Å²) in [5, 5.41) is 0.900. The van der Waals surface area contributed by atoms with Crippen LogP contribution in [0.15, 0.2) is 30.3 Å². The summed E-state index contributed by atoms with van der Waals surface area (Å²) >= 11 is 0. The molecule has 1 aromatic rings. The molecular formula is C11H15O3P. The Bertz CT molecular complexity index is 300. The molecule has 0 heterocycles. The molecule has 0 amide bonds. The van der Waals surface area contributed by atoms with E-state index in [0.717, 1.165) is 5.30 Å². The molecule has 0 aromatic heterocycles. The summed E-state index contributed by atoms with van der Waals surface area (Å²) in [5.41, 5.74) is 0. The molecule has 0 aliphatic rings. The largest absolute Gasteiger partial charge is 0.466 e. The van der Waals surface area contributed by atoms with Crippen LogP contribution in [0.4, 0.5) is 0 Å². The maximum absolute atomic E-state index is 11.1. The van der Waals surface area contributed by atoms with Crippen LogP contribution in [-0.4, -0.2) is 23.6 Å². The zero-order valence-corrected chi connectivity index (χ0v) is 9.61. The second-order valence-electron chi connectivity index (χ2n) is 3.01. The third-order valence-corrected chi connectivity index (χ3v) is 3.43. The van der Waals surface area contributed by atoms with Crippen molar-refractivity contribution in [3.63, 3.8) is 0 Å². The number of ether oxygens (including phenoxy) is 1. The molecule has 1 rings (SSSR count). The van der Waals surface area contributed by atoms with Crippen LogP contribution in [0.5, 0.6) is 0 Å². The van der Waals surface area contributed by atoms with E-state index in [0.29, 0.717) is 12.8 Å². The number of benzene rings is 1. The Morgan fingerprint density at radius 1 is 1.40 bits per heavy atom. The first-order chi connectivity index (χ1) is 7.24. The standard InChI is InChI=1S/C11H15O3P/c1-2-14-11(12)8-9-15(13)10-6-4-3-5-7-10/h3-7,13H,2,8-9H2,1H3. The summed E-state index contributed by atoms with van der Waals surface area (Å²) < 4.78 is 4.79. The fourth-order valence-corrected chi connectivity index (χ4v) is 2.33. The van der Waals surface area contributed by atoms with Gasteiger partial charge in [-0.15, -0.1) is 0 Å². The minimum absolute atomic E-state index is 0.241. The van der Waals surface area contributed by atoms with Crippen LogP contribution in [0.25, 0.3) is 0 Å². The third kappa shape index (κ3) is 4.41. The Morgan fingerprint density at radius 3 is 2.67 bits per heavy atom. The summed E-state index contributed by atoms with van der Waals surface area (Å²) in [5.74, 6) is -0.241. The van der Waals surface area contributed by atoms with Crippen molar-refractivity contribution in [1.82, 2.24) is 0 Å². The van der Waals surface area contributed by atoms with Crippen molar-refractivity contribution in [3.05, 3.63) is 30.3 Å². The molecule has 1 unspecified atom stereocenters. The van der Waals surface area contributed by atoms with Gasteiger partial charge in [0, 0.05) is 11.5 Å². The molecule has 1 aromatic carbocycles. The third-order valence-electron chi connectivity index (χ3n) is 1.89. The zero-order valence-electron chi connectivity index (χ0n) is 8.72. The second-order valence-corrected chi connectivity index (χ2v) is 4.78. The average Bonchev–Trinajstić information content (AvgIpc) is 2.27. The predicted molar refractivity (Wildman–Crippen MR) is 61.3 cm³/mol. The number of carbonyl (C=O) groups excluding carboxylic acids is 1. The summed E-state index contributed by atoms with van der Waals surface area (Å²) in [7, 11) is -1.22. The monoisotopic (exact) mass is 226 g/mol. The van der Waals surface area contributed by atoms with Crippen LogP contribution in [0.3, 0.4) is 0 Å². The van der Waals surface area contributed by atoms with E-state index in [2.05, 4.69) is 0 Å². The Kier molecular flexibility index (Phi) is 5.30. The molecule has 1 N–H and O–H groups in total. The lowest BCUT2D eigenvalue weighted by atomic mass is 10.4. The molecule has 0 spiro atoms. The van der Waals surface area contributed by atoms with Gasteiger partial charge < -0.3 is 9.63 Å². The predicted octanol–water partition coefficient (Wildman–Crippen LogP) is 1.65. The molecular weight excluding hydrogens is 211 g/mol. The smallest absolute Gasteiger partial charge is 0.306 e. The highest BCUT2D eigenvalue weighted by Crippen LogP contribution is 2.29. The summed E-state index contributed by atoms with van der Waals surface area (Å²) in [6.45, 7) is 2.17. The van der Waals surface area contributed by atoms with Crippen LogP contribution >= 0.6 is 8.15 Å². The van der Waals surface area contributed by atoms with Gasteiger partial charge in [-0.2, -0.15) is 0 Å². The molecule has 0 bridgehead atoms. The van der Waals surface area contributed by atoms with Gasteiger partial charge in [0.25, 0.3) is 0 Å². The minimum Gasteiger partial charge on any atom is -0.466 e. The quantitative estimate of drug-likeness (QED) is 0.613. The number of hydrogen-bond acceptors (Lipinski definition) is 3. The van der Waals surface area contributed by atoms with Crippen molar-refractivity contribution in [3.8, 4) is 0 Å². The van der Waals surface area contributed by atoms with E-state index in [-0.39, 0.29) is 12.4 Å². The van der Waals surface area contributed by atoms with Gasteiger partial charge in [0.1, 0.15) is 0 Å². The van der Waals surface area contributed by atoms with Gasteiger partial charge in [0.05, 0.1) is 21.2 Å². The van der Waals surface area contributed by atoms with Crippen LogP contribution in [0, 0.1) is 0 Å². The topological polar surface area (TPSA) is 46.5 Å². The second kappa shape index (κ2) is 6.54. The highest BCUT2D eigenvalue weighted by Gasteiger charge is 2.10. The lowest BCUT2D eigenvalue weighted by Crippen LogP contribution is -2.09. The Labute approximate surface area is 90.9 Å². The molecule has 0 aliphatic carbocycles. The highest BCUT2D eigenvalue weighted by atomic mass is 31.1. The van der Waals surface area contributed by atoms with E-state index in [1.807, 2.05) is 30.3 Å². The van der Waals surface area contributed by atoms with Crippen molar-refractivity contribution in [2.24, 2.45) is 0 Å². The molecule has 82 valence electrons. The molecule has 0 aliphatic heterocycles. The van der Waals surface area contributed by atoms with Gasteiger partial charge >= 0.3 is 5.97 Å². The SMILES string of the molecule is CCOC(=O)CCP(O)c1ccccc1. The maximum atomic E-state index is 11.1. The van der Waals surface area contributed by atoms with Crippen LogP contribution in [0.2, 0.25) is 0 Å². The number of esters is 1. The molecule has 15 heavy (non-hydrogen) atoms. The zero-order chi connectivity index (χ0) is 11.1. The fourth-order valence-electron chi connectivity index (χ4n) is 1.16. The van der Waals surface area contributed by atoms with Gasteiger partial charge in [0.2, 0.25) is 0 Å². The van der Waals surface area contributed by atoms with Crippen molar-refractivity contribution >= 4 is 19.4 Å². The van der Waals surface area contributed by atoms with Crippen LogP contribution in [-0.2, 0) is 9.53 Å². The van der Waals surface area contributed by atoms with E-state index in [4.69, 9.17) is 4.74 Å². The van der Waals surface area contributed by atoms with Gasteiger partial charge in [-0.25, -0.2) is 0 Å². The normalized spacial score (nSPS) is 12.1. The molecule has 0 saturated carbocycles. The first-order valence-electron chi connectivity index (χ1n) is 4.91. The van der Waals surface area contributed by atoms with Crippen molar-refractivity contribution in [2.75, 3.05) is 12.8 Å². The number of rotatable bonds is 5. The van der Waals surface area contributed by atoms with Crippen LogP contribution < -0.4 is 5.30 Å². The minimum atomic E-state index is -1.22. The van der Waals surface area contributed by atoms with Gasteiger partial charge in [-0.05, 0) is 6.92 Å². The first-order valence-corrected chi connectivity index (χ1v) is 6.39. The van der Waals surface area contributed by atoms with E-state index in [1.54, 1.807) is 6.92 Å². The van der Waals surface area contributed by atoms with Gasteiger partial charge in [-0.1, -0.05) is 30.3 Å². The summed E-state index contributed by atoms with van der Waals surface area (Å²) in [4.78, 5) is 20.9. The number of carbonyl (C=O) groups is 1. The van der Waals surface area contributed by atoms with Gasteiger partial charge in [-0.3, -0.25) is 4.79 Å². The molecule has 0 radical (unpaired) electrons. The molecule has 0 fully saturated rings. The fraction of sp³-hybridized carbons (Fsp3) is 0.364. The van der Waals surface area contributed by atoms with E-state index in [9.17, 15) is 9.69 Å². The highest BCUT2D eigenvalue weighted by molar-refractivity contribution is 7.59. The summed E-state index contributed by atoms with van der Waals surface area (Å²) in [6.07, 6.45) is 0.753. The lowest BCUT2D eigenvalue weighted by molar-refractivity contribution is -0.142. The van der Waals surface area contributed by atoms with Crippen LogP contribution in [0.1, 0.15) is 13.3 Å². The van der Waals surface area contributed by atoms with Crippen molar-refractivity contribution < 1.29 is 14.4 Å². The Balaban J connectivity index is 2.37. The summed E-state index contributed by atoms with van der Waals surface area (Å²) in [6, 6.07) is 9.40. The van der Waals surface area contributed by atoms with Crippen molar-refractivity contribution in [2.45, 2.75) is 13.3 Å².